The van der Waals surface area contributed by atoms with E-state index in [1.54, 1.807) is 12.1 Å². The fourth-order valence-corrected chi connectivity index (χ4v) is 2.66. The topological polar surface area (TPSA) is 41.6 Å². The lowest BCUT2D eigenvalue weighted by molar-refractivity contribution is -0.118. The standard InChI is InChI=1S/C18H19FN2O2/c19-16-8-1-2-9-17(16)23-13-18(22)20-14-6-5-7-15(12-14)21-10-3-4-11-21/h1-2,5-9,12H,3-4,10-11,13H2,(H,20,22). The third kappa shape index (κ3) is 4.00. The number of amides is 1. The first kappa shape index (κ1) is 15.3. The Morgan fingerprint density at radius 3 is 2.70 bits per heavy atom. The predicted octanol–water partition coefficient (Wildman–Crippen LogP) is 3.44. The van der Waals surface area contributed by atoms with Crippen LogP contribution < -0.4 is 15.0 Å². The fraction of sp³-hybridized carbons (Fsp3) is 0.278. The SMILES string of the molecule is O=C(COc1ccccc1F)Nc1cccc(N2CCCC2)c1. The highest BCUT2D eigenvalue weighted by molar-refractivity contribution is 5.92. The van der Waals surface area contributed by atoms with Crippen LogP contribution in [0.15, 0.2) is 48.5 Å². The number of halogens is 1. The van der Waals surface area contributed by atoms with Crippen LogP contribution in [0.25, 0.3) is 0 Å². The third-order valence-electron chi connectivity index (χ3n) is 3.80. The highest BCUT2D eigenvalue weighted by atomic mass is 19.1. The molecule has 2 aromatic rings. The van der Waals surface area contributed by atoms with Crippen molar-refractivity contribution in [1.29, 1.82) is 0 Å². The van der Waals surface area contributed by atoms with E-state index in [1.165, 1.54) is 25.0 Å². The molecule has 0 atom stereocenters. The zero-order valence-electron chi connectivity index (χ0n) is 12.8. The Kier molecular flexibility index (Phi) is 4.76. The third-order valence-corrected chi connectivity index (χ3v) is 3.80. The number of hydrogen-bond donors (Lipinski definition) is 1. The minimum absolute atomic E-state index is 0.0773. The van der Waals surface area contributed by atoms with Gasteiger partial charge in [-0.25, -0.2) is 4.39 Å². The van der Waals surface area contributed by atoms with E-state index in [0.717, 1.165) is 24.5 Å². The number of anilines is 2. The largest absolute Gasteiger partial charge is 0.481 e. The van der Waals surface area contributed by atoms with Gasteiger partial charge in [-0.2, -0.15) is 0 Å². The Morgan fingerprint density at radius 2 is 1.91 bits per heavy atom. The lowest BCUT2D eigenvalue weighted by atomic mass is 10.2. The quantitative estimate of drug-likeness (QED) is 0.919. The van der Waals surface area contributed by atoms with Gasteiger partial charge in [-0.15, -0.1) is 0 Å². The number of nitrogens with one attached hydrogen (secondary N) is 1. The smallest absolute Gasteiger partial charge is 0.262 e. The van der Waals surface area contributed by atoms with Crippen LogP contribution >= 0.6 is 0 Å². The molecule has 2 aromatic carbocycles. The van der Waals surface area contributed by atoms with E-state index in [0.29, 0.717) is 0 Å². The number of carbonyl (C=O) groups is 1. The van der Waals surface area contributed by atoms with E-state index in [2.05, 4.69) is 10.2 Å². The number of para-hydroxylation sites is 1. The first-order valence-corrected chi connectivity index (χ1v) is 7.74. The number of nitrogens with zero attached hydrogens (tertiary/aromatic N) is 1. The van der Waals surface area contributed by atoms with E-state index in [4.69, 9.17) is 4.74 Å². The van der Waals surface area contributed by atoms with Gasteiger partial charge < -0.3 is 15.0 Å². The Balaban J connectivity index is 1.57. The zero-order valence-corrected chi connectivity index (χ0v) is 12.8. The number of rotatable bonds is 5. The van der Waals surface area contributed by atoms with Crippen molar-refractivity contribution in [2.24, 2.45) is 0 Å². The van der Waals surface area contributed by atoms with Gasteiger partial charge in [-0.3, -0.25) is 4.79 Å². The number of ether oxygens (including phenoxy) is 1. The Hall–Kier alpha value is -2.56. The molecule has 0 unspecified atom stereocenters. The summed E-state index contributed by atoms with van der Waals surface area (Å²) in [6.07, 6.45) is 2.40. The lowest BCUT2D eigenvalue weighted by Crippen LogP contribution is -2.21. The molecular formula is C18H19FN2O2. The summed E-state index contributed by atoms with van der Waals surface area (Å²) in [4.78, 5) is 14.3. The average Bonchev–Trinajstić information content (AvgIpc) is 3.09. The van der Waals surface area contributed by atoms with E-state index in [9.17, 15) is 9.18 Å². The van der Waals surface area contributed by atoms with Crippen molar-refractivity contribution in [2.75, 3.05) is 29.9 Å². The summed E-state index contributed by atoms with van der Waals surface area (Å²) in [7, 11) is 0. The molecule has 0 bridgehead atoms. The summed E-state index contributed by atoms with van der Waals surface area (Å²) in [5.41, 5.74) is 1.83. The van der Waals surface area contributed by atoms with Gasteiger partial charge in [0.25, 0.3) is 5.91 Å². The van der Waals surface area contributed by atoms with E-state index in [1.807, 2.05) is 24.3 Å². The fourth-order valence-electron chi connectivity index (χ4n) is 2.66. The number of benzene rings is 2. The van der Waals surface area contributed by atoms with Crippen LogP contribution in [0, 0.1) is 5.82 Å². The van der Waals surface area contributed by atoms with Gasteiger partial charge in [-0.05, 0) is 43.2 Å². The van der Waals surface area contributed by atoms with Crippen LogP contribution in [0.1, 0.15) is 12.8 Å². The first-order valence-electron chi connectivity index (χ1n) is 7.74. The van der Waals surface area contributed by atoms with Gasteiger partial charge in [-0.1, -0.05) is 18.2 Å². The van der Waals surface area contributed by atoms with Crippen molar-refractivity contribution in [1.82, 2.24) is 0 Å². The maximum atomic E-state index is 13.4. The lowest BCUT2D eigenvalue weighted by Gasteiger charge is -2.18. The Labute approximate surface area is 134 Å². The molecule has 0 aliphatic carbocycles. The van der Waals surface area contributed by atoms with Crippen LogP contribution in [-0.4, -0.2) is 25.6 Å². The second-order valence-electron chi connectivity index (χ2n) is 5.51. The Morgan fingerprint density at radius 1 is 1.13 bits per heavy atom. The molecule has 23 heavy (non-hydrogen) atoms. The molecule has 120 valence electrons. The zero-order chi connectivity index (χ0) is 16.1. The molecule has 4 nitrogen and oxygen atoms in total. The maximum Gasteiger partial charge on any atom is 0.262 e. The van der Waals surface area contributed by atoms with Gasteiger partial charge in [0.2, 0.25) is 0 Å². The van der Waals surface area contributed by atoms with E-state index < -0.39 is 5.82 Å². The molecule has 1 saturated heterocycles. The molecule has 0 radical (unpaired) electrons. The molecular weight excluding hydrogens is 295 g/mol. The molecule has 1 aliphatic rings. The van der Waals surface area contributed by atoms with Crippen LogP contribution in [0.3, 0.4) is 0 Å². The van der Waals surface area contributed by atoms with Crippen molar-refractivity contribution in [3.8, 4) is 5.75 Å². The van der Waals surface area contributed by atoms with Gasteiger partial charge in [0.1, 0.15) is 0 Å². The molecule has 1 amide bonds. The predicted molar refractivity (Wildman–Crippen MR) is 88.4 cm³/mol. The second kappa shape index (κ2) is 7.13. The Bertz CT molecular complexity index is 684. The van der Waals surface area contributed by atoms with Crippen molar-refractivity contribution in [3.63, 3.8) is 0 Å². The van der Waals surface area contributed by atoms with E-state index >= 15 is 0 Å². The highest BCUT2D eigenvalue weighted by Crippen LogP contribution is 2.23. The van der Waals surface area contributed by atoms with Crippen LogP contribution in [-0.2, 0) is 4.79 Å². The van der Waals surface area contributed by atoms with Crippen molar-refractivity contribution >= 4 is 17.3 Å². The summed E-state index contributed by atoms with van der Waals surface area (Å²) in [6.45, 7) is 1.87. The summed E-state index contributed by atoms with van der Waals surface area (Å²) in [5.74, 6) is -0.711. The molecule has 1 aliphatic heterocycles. The van der Waals surface area contributed by atoms with Gasteiger partial charge in [0, 0.05) is 24.5 Å². The molecule has 0 aromatic heterocycles. The van der Waals surface area contributed by atoms with Crippen LogP contribution in [0.5, 0.6) is 5.75 Å². The molecule has 1 heterocycles. The molecule has 0 spiro atoms. The van der Waals surface area contributed by atoms with Crippen molar-refractivity contribution in [2.45, 2.75) is 12.8 Å². The van der Waals surface area contributed by atoms with Gasteiger partial charge >= 0.3 is 0 Å². The molecule has 1 N–H and O–H groups in total. The molecule has 5 heteroatoms. The summed E-state index contributed by atoms with van der Waals surface area (Å²) in [6, 6.07) is 13.8. The summed E-state index contributed by atoms with van der Waals surface area (Å²) in [5, 5.41) is 2.78. The molecule has 3 rings (SSSR count). The molecule has 1 fully saturated rings. The van der Waals surface area contributed by atoms with Gasteiger partial charge in [0.15, 0.2) is 18.2 Å². The van der Waals surface area contributed by atoms with Crippen LogP contribution in [0.2, 0.25) is 0 Å². The number of hydrogen-bond acceptors (Lipinski definition) is 3. The van der Waals surface area contributed by atoms with Gasteiger partial charge in [0.05, 0.1) is 0 Å². The normalized spacial score (nSPS) is 13.9. The maximum absolute atomic E-state index is 13.4. The average molecular weight is 314 g/mol. The second-order valence-corrected chi connectivity index (χ2v) is 5.51. The first-order chi connectivity index (χ1) is 11.2. The van der Waals surface area contributed by atoms with Crippen molar-refractivity contribution in [3.05, 3.63) is 54.3 Å². The minimum Gasteiger partial charge on any atom is -0.481 e. The van der Waals surface area contributed by atoms with E-state index in [-0.39, 0.29) is 18.3 Å². The van der Waals surface area contributed by atoms with Crippen LogP contribution in [0.4, 0.5) is 15.8 Å². The summed E-state index contributed by atoms with van der Waals surface area (Å²) >= 11 is 0. The monoisotopic (exact) mass is 314 g/mol. The highest BCUT2D eigenvalue weighted by Gasteiger charge is 2.13. The number of carbonyl (C=O) groups excluding carboxylic acids is 1. The minimum atomic E-state index is -0.476. The van der Waals surface area contributed by atoms with Crippen molar-refractivity contribution < 1.29 is 13.9 Å². The summed E-state index contributed by atoms with van der Waals surface area (Å²) < 4.78 is 18.6. The molecule has 0 saturated carbocycles.